The van der Waals surface area contributed by atoms with Crippen molar-refractivity contribution in [1.82, 2.24) is 24.2 Å². The first-order valence-electron chi connectivity index (χ1n) is 12.6. The summed E-state index contributed by atoms with van der Waals surface area (Å²) in [4.78, 5) is 24.5. The minimum absolute atomic E-state index is 0.0475. The number of aromatic amines is 1. The monoisotopic (exact) mass is 496 g/mol. The van der Waals surface area contributed by atoms with Gasteiger partial charge in [-0.1, -0.05) is 13.0 Å². The van der Waals surface area contributed by atoms with E-state index in [1.807, 2.05) is 71.0 Å². The first-order valence-corrected chi connectivity index (χ1v) is 12.6. The van der Waals surface area contributed by atoms with Crippen molar-refractivity contribution < 1.29 is 9.90 Å². The van der Waals surface area contributed by atoms with Gasteiger partial charge in [-0.25, -0.2) is 4.98 Å². The van der Waals surface area contributed by atoms with E-state index in [2.05, 4.69) is 40.2 Å². The van der Waals surface area contributed by atoms with E-state index in [1.54, 1.807) is 12.4 Å². The van der Waals surface area contributed by atoms with Crippen LogP contribution in [0.4, 0.5) is 11.4 Å². The molecule has 8 heteroatoms. The van der Waals surface area contributed by atoms with E-state index < -0.39 is 0 Å². The van der Waals surface area contributed by atoms with Gasteiger partial charge in [0.05, 0.1) is 11.4 Å². The van der Waals surface area contributed by atoms with Gasteiger partial charge >= 0.3 is 0 Å². The molecule has 0 radical (unpaired) electrons. The number of nitrogens with zero attached hydrogens (tertiary/aromatic N) is 4. The standard InChI is InChI=1S/C29H32N6O2/c1-4-33(3)16-17-34(5-2)29(37)20-6-9-23(10-7-20)32-25-12-13-26(35-15-14-30-27(25)35)21-8-11-24-22(18-21)19-31-28(24)36/h6-15,18-19,31-32,36H,4-5,16-17H2,1-3H3. The zero-order valence-corrected chi connectivity index (χ0v) is 21.4. The van der Waals surface area contributed by atoms with Gasteiger partial charge in [-0.3, -0.25) is 9.20 Å². The number of likely N-dealkylation sites (N-methyl/N-ethyl adjacent to an activating group) is 2. The highest BCUT2D eigenvalue weighted by molar-refractivity contribution is 5.95. The van der Waals surface area contributed by atoms with E-state index in [1.165, 1.54) is 0 Å². The molecule has 0 unspecified atom stereocenters. The van der Waals surface area contributed by atoms with Gasteiger partial charge in [0.2, 0.25) is 0 Å². The van der Waals surface area contributed by atoms with Gasteiger partial charge < -0.3 is 25.2 Å². The predicted molar refractivity (Wildman–Crippen MR) is 149 cm³/mol. The Hall–Kier alpha value is -4.30. The molecule has 3 heterocycles. The number of aromatic nitrogens is 3. The molecule has 0 fully saturated rings. The lowest BCUT2D eigenvalue weighted by Gasteiger charge is -2.24. The summed E-state index contributed by atoms with van der Waals surface area (Å²) in [6.45, 7) is 7.33. The third kappa shape index (κ3) is 4.88. The molecule has 0 saturated heterocycles. The second-order valence-electron chi connectivity index (χ2n) is 9.18. The second-order valence-corrected chi connectivity index (χ2v) is 9.18. The maximum Gasteiger partial charge on any atom is 0.253 e. The number of carbonyl (C=O) groups excluding carboxylic acids is 1. The average molecular weight is 497 g/mol. The van der Waals surface area contributed by atoms with E-state index in [9.17, 15) is 9.90 Å². The lowest BCUT2D eigenvalue weighted by molar-refractivity contribution is 0.0751. The molecule has 8 nitrogen and oxygen atoms in total. The van der Waals surface area contributed by atoms with Crippen molar-refractivity contribution in [3.05, 3.63) is 78.8 Å². The summed E-state index contributed by atoms with van der Waals surface area (Å²) < 4.78 is 2.04. The highest BCUT2D eigenvalue weighted by Gasteiger charge is 2.15. The van der Waals surface area contributed by atoms with Crippen molar-refractivity contribution in [2.75, 3.05) is 38.5 Å². The molecule has 3 N–H and O–H groups in total. The number of hydrogen-bond donors (Lipinski definition) is 3. The van der Waals surface area contributed by atoms with E-state index in [0.29, 0.717) is 18.7 Å². The topological polar surface area (TPSA) is 88.9 Å². The second kappa shape index (κ2) is 10.4. The Labute approximate surface area is 216 Å². The molecule has 0 aliphatic rings. The van der Waals surface area contributed by atoms with Crippen LogP contribution in [-0.4, -0.2) is 68.4 Å². The number of imidazole rings is 1. The van der Waals surface area contributed by atoms with Crippen LogP contribution in [0.25, 0.3) is 27.7 Å². The Kier molecular flexibility index (Phi) is 6.83. The third-order valence-electron chi connectivity index (χ3n) is 6.89. The van der Waals surface area contributed by atoms with Crippen LogP contribution >= 0.6 is 0 Å². The minimum Gasteiger partial charge on any atom is -0.494 e. The van der Waals surface area contributed by atoms with Crippen LogP contribution in [0.2, 0.25) is 0 Å². The van der Waals surface area contributed by atoms with E-state index >= 15 is 0 Å². The van der Waals surface area contributed by atoms with Crippen molar-refractivity contribution in [1.29, 1.82) is 0 Å². The smallest absolute Gasteiger partial charge is 0.253 e. The van der Waals surface area contributed by atoms with Crippen LogP contribution < -0.4 is 5.32 Å². The normalized spacial score (nSPS) is 11.5. The number of benzene rings is 2. The summed E-state index contributed by atoms with van der Waals surface area (Å²) in [6, 6.07) is 17.6. The first-order chi connectivity index (χ1) is 18.0. The average Bonchev–Trinajstić information content (AvgIpc) is 3.56. The maximum absolute atomic E-state index is 13.0. The molecule has 37 heavy (non-hydrogen) atoms. The Morgan fingerprint density at radius 2 is 1.86 bits per heavy atom. The maximum atomic E-state index is 13.0. The molecule has 0 saturated carbocycles. The molecule has 3 aromatic heterocycles. The summed E-state index contributed by atoms with van der Waals surface area (Å²) in [7, 11) is 2.06. The minimum atomic E-state index is 0.0475. The zero-order chi connectivity index (χ0) is 25.9. The molecule has 2 aromatic carbocycles. The SMILES string of the molecule is CCN(C)CCN(CC)C(=O)c1ccc(Nc2ccc(-c3ccc4c(O)[nH]cc4c3)n3ccnc23)cc1. The molecule has 5 aromatic rings. The fourth-order valence-electron chi connectivity index (χ4n) is 4.52. The number of rotatable bonds is 9. The number of aromatic hydroxyl groups is 1. The first kappa shape index (κ1) is 24.4. The number of hydrogen-bond acceptors (Lipinski definition) is 5. The van der Waals surface area contributed by atoms with Crippen molar-refractivity contribution in [2.45, 2.75) is 13.8 Å². The fraction of sp³-hybridized carbons (Fsp3) is 0.241. The molecular weight excluding hydrogens is 464 g/mol. The van der Waals surface area contributed by atoms with Crippen molar-refractivity contribution in [3.8, 4) is 17.1 Å². The van der Waals surface area contributed by atoms with Gasteiger partial charge in [-0.15, -0.1) is 0 Å². The van der Waals surface area contributed by atoms with Gasteiger partial charge in [-0.2, -0.15) is 0 Å². The molecular formula is C29H32N6O2. The van der Waals surface area contributed by atoms with Gasteiger partial charge in [0.1, 0.15) is 0 Å². The Morgan fingerprint density at radius 3 is 2.62 bits per heavy atom. The predicted octanol–water partition coefficient (Wildman–Crippen LogP) is 5.35. The Balaban J connectivity index is 1.35. The fourth-order valence-corrected chi connectivity index (χ4v) is 4.52. The largest absolute Gasteiger partial charge is 0.494 e. The molecule has 0 aliphatic heterocycles. The van der Waals surface area contributed by atoms with Crippen LogP contribution in [0.3, 0.4) is 0 Å². The van der Waals surface area contributed by atoms with Crippen LogP contribution in [0.5, 0.6) is 5.88 Å². The summed E-state index contributed by atoms with van der Waals surface area (Å²) in [5.74, 6) is 0.222. The number of amides is 1. The van der Waals surface area contributed by atoms with Crippen molar-refractivity contribution in [2.24, 2.45) is 0 Å². The van der Waals surface area contributed by atoms with E-state index in [4.69, 9.17) is 0 Å². The molecule has 0 bridgehead atoms. The number of nitrogens with one attached hydrogen (secondary N) is 2. The van der Waals surface area contributed by atoms with Crippen LogP contribution in [0, 0.1) is 0 Å². The summed E-state index contributed by atoms with van der Waals surface area (Å²) >= 11 is 0. The number of anilines is 2. The molecule has 5 rings (SSSR count). The number of pyridine rings is 1. The van der Waals surface area contributed by atoms with Crippen LogP contribution in [0.1, 0.15) is 24.2 Å². The number of fused-ring (bicyclic) bond motifs is 2. The van der Waals surface area contributed by atoms with Crippen LogP contribution in [-0.2, 0) is 0 Å². The Morgan fingerprint density at radius 1 is 1.05 bits per heavy atom. The van der Waals surface area contributed by atoms with Crippen LogP contribution in [0.15, 0.2) is 73.2 Å². The van der Waals surface area contributed by atoms with Gasteiger partial charge in [0, 0.05) is 60.2 Å². The van der Waals surface area contributed by atoms with E-state index in [0.717, 1.165) is 52.1 Å². The van der Waals surface area contributed by atoms with Crippen molar-refractivity contribution >= 4 is 33.7 Å². The highest BCUT2D eigenvalue weighted by Crippen LogP contribution is 2.31. The summed E-state index contributed by atoms with van der Waals surface area (Å²) in [6.07, 6.45) is 5.51. The van der Waals surface area contributed by atoms with E-state index in [-0.39, 0.29) is 11.8 Å². The quantitative estimate of drug-likeness (QED) is 0.256. The Bertz CT molecular complexity index is 1540. The molecule has 0 aliphatic carbocycles. The van der Waals surface area contributed by atoms with Gasteiger partial charge in [-0.05, 0) is 74.6 Å². The zero-order valence-electron chi connectivity index (χ0n) is 21.4. The third-order valence-corrected chi connectivity index (χ3v) is 6.89. The summed E-state index contributed by atoms with van der Waals surface area (Å²) in [5, 5.41) is 15.1. The molecule has 190 valence electrons. The molecule has 1 amide bonds. The lowest BCUT2D eigenvalue weighted by Crippen LogP contribution is -2.37. The molecule has 0 spiro atoms. The lowest BCUT2D eigenvalue weighted by atomic mass is 10.1. The molecule has 0 atom stereocenters. The summed E-state index contributed by atoms with van der Waals surface area (Å²) in [5.41, 5.74) is 5.24. The number of H-pyrrole nitrogens is 1. The highest BCUT2D eigenvalue weighted by atomic mass is 16.3. The van der Waals surface area contributed by atoms with Gasteiger partial charge in [0.25, 0.3) is 5.91 Å². The van der Waals surface area contributed by atoms with Gasteiger partial charge in [0.15, 0.2) is 11.5 Å². The number of carbonyl (C=O) groups is 1. The van der Waals surface area contributed by atoms with Crippen molar-refractivity contribution in [3.63, 3.8) is 0 Å².